The highest BCUT2D eigenvalue weighted by Gasteiger charge is 2.36. The van der Waals surface area contributed by atoms with E-state index < -0.39 is 16.1 Å². The number of nitrogens with zero attached hydrogens (tertiary/aromatic N) is 2. The first-order chi connectivity index (χ1) is 21.3. The van der Waals surface area contributed by atoms with Crippen molar-refractivity contribution < 1.29 is 22.4 Å². The second-order valence-electron chi connectivity index (χ2n) is 11.7. The van der Waals surface area contributed by atoms with E-state index in [-0.39, 0.29) is 54.5 Å². The molecule has 1 N–H and O–H groups in total. The molecule has 1 aliphatic heterocycles. The Bertz CT molecular complexity index is 1750. The van der Waals surface area contributed by atoms with E-state index in [1.807, 2.05) is 48.5 Å². The first-order valence-electron chi connectivity index (χ1n) is 15.2. The van der Waals surface area contributed by atoms with Crippen LogP contribution in [-0.4, -0.2) is 43.8 Å². The fraction of sp³-hybridized carbons (Fsp3) is 0.314. The third-order valence-corrected chi connectivity index (χ3v) is 10.5. The molecule has 2 amide bonds. The number of halogens is 1. The lowest BCUT2D eigenvalue weighted by atomic mass is 10.0. The van der Waals surface area contributed by atoms with Crippen molar-refractivity contribution in [1.29, 1.82) is 0 Å². The minimum absolute atomic E-state index is 0.0432. The van der Waals surface area contributed by atoms with E-state index in [2.05, 4.69) is 5.32 Å². The van der Waals surface area contributed by atoms with Gasteiger partial charge in [0.15, 0.2) is 0 Å². The summed E-state index contributed by atoms with van der Waals surface area (Å²) in [6.45, 7) is 0.255. The van der Waals surface area contributed by atoms with Crippen molar-refractivity contribution in [2.45, 2.75) is 68.5 Å². The number of benzene rings is 4. The first-order valence-corrected chi connectivity index (χ1v) is 16.7. The lowest BCUT2D eigenvalue weighted by Crippen LogP contribution is -2.52. The summed E-state index contributed by atoms with van der Waals surface area (Å²) >= 11 is 0. The molecule has 1 atom stereocenters. The number of anilines is 1. The highest BCUT2D eigenvalue weighted by atomic mass is 32.2. The van der Waals surface area contributed by atoms with Gasteiger partial charge in [0.2, 0.25) is 11.8 Å². The highest BCUT2D eigenvalue weighted by Crippen LogP contribution is 2.42. The number of hydrogen-bond donors (Lipinski definition) is 1. The van der Waals surface area contributed by atoms with Crippen LogP contribution in [0.25, 0.3) is 10.8 Å². The second-order valence-corrected chi connectivity index (χ2v) is 13.5. The van der Waals surface area contributed by atoms with Gasteiger partial charge in [-0.2, -0.15) is 0 Å². The minimum Gasteiger partial charge on any atom is -0.352 e. The molecule has 0 aromatic heterocycles. The van der Waals surface area contributed by atoms with E-state index in [0.29, 0.717) is 23.1 Å². The number of nitrogens with one attached hydrogen (secondary N) is 1. The summed E-state index contributed by atoms with van der Waals surface area (Å²) in [7, 11) is -3.74. The molecule has 1 heterocycles. The van der Waals surface area contributed by atoms with Crippen molar-refractivity contribution in [3.05, 3.63) is 108 Å². The molecule has 1 fully saturated rings. The Kier molecular flexibility index (Phi) is 8.66. The predicted molar refractivity (Wildman–Crippen MR) is 169 cm³/mol. The predicted octanol–water partition coefficient (Wildman–Crippen LogP) is 5.97. The third kappa shape index (κ3) is 6.19. The molecule has 7 nitrogen and oxygen atoms in total. The maximum atomic E-state index is 14.0. The maximum Gasteiger partial charge on any atom is 0.265 e. The van der Waals surface area contributed by atoms with Gasteiger partial charge < -0.3 is 10.2 Å². The average Bonchev–Trinajstić information content (AvgIpc) is 3.61. The molecule has 4 aromatic rings. The van der Waals surface area contributed by atoms with E-state index in [4.69, 9.17) is 0 Å². The van der Waals surface area contributed by atoms with Crippen LogP contribution in [0, 0.1) is 5.82 Å². The summed E-state index contributed by atoms with van der Waals surface area (Å²) in [5.41, 5.74) is 2.24. The summed E-state index contributed by atoms with van der Waals surface area (Å²) in [4.78, 5) is 29.7. The lowest BCUT2D eigenvalue weighted by molar-refractivity contribution is -0.141. The molecule has 1 saturated carbocycles. The second kappa shape index (κ2) is 12.8. The van der Waals surface area contributed by atoms with Crippen molar-refractivity contribution in [3.8, 4) is 0 Å². The van der Waals surface area contributed by atoms with Crippen LogP contribution >= 0.6 is 0 Å². The Labute approximate surface area is 257 Å². The van der Waals surface area contributed by atoms with E-state index in [9.17, 15) is 22.4 Å². The molecular formula is C35H36FN3O4S. The Hall–Kier alpha value is -4.24. The quantitative estimate of drug-likeness (QED) is 0.226. The van der Waals surface area contributed by atoms with Crippen LogP contribution in [0.5, 0.6) is 0 Å². The van der Waals surface area contributed by atoms with Gasteiger partial charge in [0.05, 0.1) is 10.6 Å². The number of carbonyl (C=O) groups excluding carboxylic acids is 2. The van der Waals surface area contributed by atoms with Gasteiger partial charge in [-0.3, -0.25) is 13.9 Å². The smallest absolute Gasteiger partial charge is 0.265 e. The summed E-state index contributed by atoms with van der Waals surface area (Å²) in [6, 6.07) is 25.6. The molecule has 2 aliphatic rings. The van der Waals surface area contributed by atoms with Gasteiger partial charge in [-0.1, -0.05) is 79.6 Å². The Morgan fingerprint density at radius 1 is 0.886 bits per heavy atom. The van der Waals surface area contributed by atoms with Gasteiger partial charge in [-0.15, -0.1) is 0 Å². The third-order valence-electron chi connectivity index (χ3n) is 8.67. The van der Waals surface area contributed by atoms with Crippen LogP contribution < -0.4 is 9.62 Å². The molecule has 0 bridgehead atoms. The Morgan fingerprint density at radius 3 is 2.32 bits per heavy atom. The largest absolute Gasteiger partial charge is 0.352 e. The van der Waals surface area contributed by atoms with Crippen molar-refractivity contribution in [2.24, 2.45) is 0 Å². The van der Waals surface area contributed by atoms with Crippen LogP contribution in [-0.2, 0) is 32.6 Å². The lowest BCUT2D eigenvalue weighted by Gasteiger charge is -2.32. The maximum absolute atomic E-state index is 14.0. The van der Waals surface area contributed by atoms with Crippen LogP contribution in [0.1, 0.15) is 49.7 Å². The molecule has 0 spiro atoms. The van der Waals surface area contributed by atoms with E-state index in [1.165, 1.54) is 16.4 Å². The number of hydrogen-bond acceptors (Lipinski definition) is 4. The normalized spacial score (nSPS) is 16.2. The zero-order valence-electron chi connectivity index (χ0n) is 24.5. The van der Waals surface area contributed by atoms with Crippen molar-refractivity contribution >= 4 is 38.3 Å². The summed E-state index contributed by atoms with van der Waals surface area (Å²) in [5, 5.41) is 4.73. The number of amides is 2. The first kappa shape index (κ1) is 29.8. The molecule has 228 valence electrons. The van der Waals surface area contributed by atoms with Crippen LogP contribution in [0.3, 0.4) is 0 Å². The highest BCUT2D eigenvalue weighted by molar-refractivity contribution is 7.93. The molecule has 0 unspecified atom stereocenters. The molecule has 1 aliphatic carbocycles. The summed E-state index contributed by atoms with van der Waals surface area (Å²) in [5.74, 6) is -0.848. The van der Waals surface area contributed by atoms with Crippen molar-refractivity contribution in [3.63, 3.8) is 0 Å². The Morgan fingerprint density at radius 2 is 1.59 bits per heavy atom. The van der Waals surface area contributed by atoms with Gasteiger partial charge in [0.1, 0.15) is 11.9 Å². The standard InChI is InChI=1S/C35H36FN3O4S/c36-28-20-18-26(19-21-28)24-38(31(23-25-9-2-1-3-10-25)35(41)37-29-13-4-5-14-29)33(40)17-8-22-39-30-15-6-11-27-12-7-16-32(34(27)30)44(39,42)43/h1-3,6-7,9-12,15-16,18-21,29,31H,4-5,8,13-14,17,22-24H2,(H,37,41)/t31-/m1/s1. The average molecular weight is 614 g/mol. The molecule has 0 radical (unpaired) electrons. The van der Waals surface area contributed by atoms with E-state index in [1.54, 1.807) is 35.2 Å². The minimum atomic E-state index is -3.74. The zero-order chi connectivity index (χ0) is 30.7. The topological polar surface area (TPSA) is 86.8 Å². The van der Waals surface area contributed by atoms with Crippen LogP contribution in [0.15, 0.2) is 95.9 Å². The fourth-order valence-corrected chi connectivity index (χ4v) is 8.17. The number of sulfonamides is 1. The molecule has 44 heavy (non-hydrogen) atoms. The van der Waals surface area contributed by atoms with Gasteiger partial charge in [0.25, 0.3) is 10.0 Å². The van der Waals surface area contributed by atoms with Crippen molar-refractivity contribution in [2.75, 3.05) is 10.8 Å². The van der Waals surface area contributed by atoms with Crippen LogP contribution in [0.2, 0.25) is 0 Å². The summed E-state index contributed by atoms with van der Waals surface area (Å²) in [6.07, 6.45) is 4.58. The fourth-order valence-electron chi connectivity index (χ4n) is 6.42. The van der Waals surface area contributed by atoms with E-state index >= 15 is 0 Å². The van der Waals surface area contributed by atoms with E-state index in [0.717, 1.165) is 36.6 Å². The van der Waals surface area contributed by atoms with Crippen LogP contribution in [0.4, 0.5) is 10.1 Å². The Balaban J connectivity index is 1.25. The number of rotatable bonds is 11. The molecular weight excluding hydrogens is 577 g/mol. The molecule has 4 aromatic carbocycles. The van der Waals surface area contributed by atoms with Crippen molar-refractivity contribution in [1.82, 2.24) is 10.2 Å². The molecule has 9 heteroatoms. The van der Waals surface area contributed by atoms with Gasteiger partial charge in [-0.25, -0.2) is 12.8 Å². The SMILES string of the molecule is O=C(NC1CCCC1)[C@@H](Cc1ccccc1)N(Cc1ccc(F)cc1)C(=O)CCCN1c2cccc3cccc(c23)S1(=O)=O. The molecule has 6 rings (SSSR count). The zero-order valence-corrected chi connectivity index (χ0v) is 25.3. The monoisotopic (exact) mass is 613 g/mol. The van der Waals surface area contributed by atoms with Gasteiger partial charge in [-0.05, 0) is 60.0 Å². The number of carbonyl (C=O) groups is 2. The van der Waals surface area contributed by atoms with Gasteiger partial charge in [0, 0.05) is 37.4 Å². The van der Waals surface area contributed by atoms with Gasteiger partial charge >= 0.3 is 0 Å². The summed E-state index contributed by atoms with van der Waals surface area (Å²) < 4.78 is 42.0. The molecule has 0 saturated heterocycles.